The van der Waals surface area contributed by atoms with Gasteiger partial charge in [-0.05, 0) is 67.0 Å². The summed E-state index contributed by atoms with van der Waals surface area (Å²) < 4.78 is 16.4. The minimum Gasteiger partial charge on any atom is -0.341 e. The first-order valence-corrected chi connectivity index (χ1v) is 12.6. The Morgan fingerprint density at radius 1 is 1.15 bits per heavy atom. The van der Waals surface area contributed by atoms with Crippen LogP contribution in [0.2, 0.25) is 0 Å². The fourth-order valence-corrected chi connectivity index (χ4v) is 5.97. The van der Waals surface area contributed by atoms with Gasteiger partial charge in [0.2, 0.25) is 0 Å². The second-order valence-electron chi connectivity index (χ2n) is 8.86. The van der Waals surface area contributed by atoms with E-state index in [0.717, 1.165) is 46.1 Å². The maximum Gasteiger partial charge on any atom is 0.133 e. The summed E-state index contributed by atoms with van der Waals surface area (Å²) in [7, 11) is 0. The molecule has 0 fully saturated rings. The molecule has 1 aliphatic rings. The lowest BCUT2D eigenvalue weighted by Crippen LogP contribution is -2.03. The van der Waals surface area contributed by atoms with E-state index in [-0.39, 0.29) is 11.1 Å². The van der Waals surface area contributed by atoms with Crippen LogP contribution in [0.1, 0.15) is 42.0 Å². The zero-order valence-electron chi connectivity index (χ0n) is 18.9. The summed E-state index contributed by atoms with van der Waals surface area (Å²) in [5.74, 6) is 1.31. The molecule has 7 heteroatoms. The molecule has 0 radical (unpaired) electrons. The number of aromatic amines is 2. The van der Waals surface area contributed by atoms with E-state index in [4.69, 9.17) is 4.98 Å². The summed E-state index contributed by atoms with van der Waals surface area (Å²) in [5.41, 5.74) is 7.62. The molecular formula is C27H23FN4S2. The number of aromatic nitrogens is 4. The van der Waals surface area contributed by atoms with Crippen LogP contribution in [-0.4, -0.2) is 19.9 Å². The number of fused-ring (bicyclic) bond motifs is 5. The van der Waals surface area contributed by atoms with Gasteiger partial charge in [-0.3, -0.25) is 0 Å². The third-order valence-corrected chi connectivity index (χ3v) is 7.89. The number of thiophene rings is 1. The molecule has 0 spiro atoms. The molecule has 0 bridgehead atoms. The molecule has 170 valence electrons. The summed E-state index contributed by atoms with van der Waals surface area (Å²) in [6.45, 7) is 7.78. The average molecular weight is 487 g/mol. The van der Waals surface area contributed by atoms with Gasteiger partial charge < -0.3 is 9.97 Å². The smallest absolute Gasteiger partial charge is 0.133 e. The summed E-state index contributed by atoms with van der Waals surface area (Å²) in [5, 5.41) is 1.26. The largest absolute Gasteiger partial charge is 0.341 e. The highest BCUT2D eigenvalue weighted by Crippen LogP contribution is 2.43. The van der Waals surface area contributed by atoms with Gasteiger partial charge in [0.25, 0.3) is 0 Å². The highest BCUT2D eigenvalue weighted by atomic mass is 32.1. The molecule has 6 rings (SSSR count). The molecular weight excluding hydrogens is 463 g/mol. The summed E-state index contributed by atoms with van der Waals surface area (Å²) >= 11 is 6.26. The van der Waals surface area contributed by atoms with E-state index in [0.29, 0.717) is 17.1 Å². The highest BCUT2D eigenvalue weighted by Gasteiger charge is 2.24. The zero-order valence-corrected chi connectivity index (χ0v) is 20.6. The van der Waals surface area contributed by atoms with Crippen molar-refractivity contribution in [3.05, 3.63) is 77.9 Å². The molecule has 5 aromatic rings. The quantitative estimate of drug-likeness (QED) is 0.229. The van der Waals surface area contributed by atoms with Gasteiger partial charge in [-0.1, -0.05) is 24.8 Å². The fourth-order valence-electron chi connectivity index (χ4n) is 4.62. The number of allylic oxidation sites excluding steroid dienone is 1. The first kappa shape index (κ1) is 21.4. The molecule has 0 saturated heterocycles. The Kier molecular flexibility index (Phi) is 5.00. The molecule has 2 N–H and O–H groups in total. The number of imidazole rings is 2. The third-order valence-electron chi connectivity index (χ3n) is 6.39. The Bertz CT molecular complexity index is 1590. The van der Waals surface area contributed by atoms with Crippen LogP contribution in [0.4, 0.5) is 4.39 Å². The van der Waals surface area contributed by atoms with E-state index in [1.165, 1.54) is 21.2 Å². The van der Waals surface area contributed by atoms with Gasteiger partial charge in [0.05, 0.1) is 28.5 Å². The Labute approximate surface area is 206 Å². The molecule has 4 nitrogen and oxygen atoms in total. The first-order chi connectivity index (χ1) is 16.4. The molecule has 3 aromatic heterocycles. The van der Waals surface area contributed by atoms with Crippen molar-refractivity contribution in [1.82, 2.24) is 19.9 Å². The molecule has 34 heavy (non-hydrogen) atoms. The first-order valence-electron chi connectivity index (χ1n) is 11.2. The monoisotopic (exact) mass is 486 g/mol. The van der Waals surface area contributed by atoms with E-state index >= 15 is 4.39 Å². The van der Waals surface area contributed by atoms with Crippen LogP contribution in [0, 0.1) is 5.82 Å². The van der Waals surface area contributed by atoms with Gasteiger partial charge in [-0.15, -0.1) is 11.3 Å². The topological polar surface area (TPSA) is 57.4 Å². The van der Waals surface area contributed by atoms with Crippen LogP contribution in [0.15, 0.2) is 49.2 Å². The second kappa shape index (κ2) is 7.96. The lowest BCUT2D eigenvalue weighted by Gasteiger charge is -2.15. The predicted octanol–water partition coefficient (Wildman–Crippen LogP) is 7.61. The molecule has 3 heterocycles. The summed E-state index contributed by atoms with van der Waals surface area (Å²) in [4.78, 5) is 16.7. The van der Waals surface area contributed by atoms with Gasteiger partial charge in [0.15, 0.2) is 0 Å². The Morgan fingerprint density at radius 3 is 2.71 bits per heavy atom. The number of aryl methyl sites for hydroxylation is 2. The van der Waals surface area contributed by atoms with Crippen LogP contribution >= 0.6 is 24.0 Å². The van der Waals surface area contributed by atoms with Gasteiger partial charge in [-0.25, -0.2) is 14.4 Å². The maximum absolute atomic E-state index is 15.1. The van der Waals surface area contributed by atoms with Crippen molar-refractivity contribution in [2.75, 3.05) is 0 Å². The van der Waals surface area contributed by atoms with Crippen molar-refractivity contribution in [3.8, 4) is 33.0 Å². The zero-order chi connectivity index (χ0) is 23.6. The lowest BCUT2D eigenvalue weighted by molar-refractivity contribution is 0.631. The molecule has 1 atom stereocenters. The summed E-state index contributed by atoms with van der Waals surface area (Å²) in [6, 6.07) is 11.9. The SMILES string of the molecule is C=C(C)c1ncc(-c2ccc(-c3cc4ccc5c(c4s3)CCc3nc(C(C)S)[nH]c3-5)cc2F)[nH]1. The van der Waals surface area contributed by atoms with Gasteiger partial charge in [-0.2, -0.15) is 12.6 Å². The minimum atomic E-state index is -0.274. The van der Waals surface area contributed by atoms with Gasteiger partial charge >= 0.3 is 0 Å². The minimum absolute atomic E-state index is 0.0677. The molecule has 1 aliphatic carbocycles. The predicted molar refractivity (Wildman–Crippen MR) is 142 cm³/mol. The molecule has 0 aliphatic heterocycles. The molecule has 0 amide bonds. The Morgan fingerprint density at radius 2 is 1.97 bits per heavy atom. The standard InChI is InChI=1S/C27H23FN4S2/c1-13(2)26-29-12-22(31-26)19-7-4-15(10-20(19)28)23-11-16-5-6-17-18(25(16)34-23)8-9-21-24(17)32-27(30-21)14(3)33/h4-7,10-12,14,33H,1,8-9H2,2-3H3,(H,29,31)(H,30,32). The Hall–Kier alpha value is -3.16. The van der Waals surface area contributed by atoms with Crippen LogP contribution in [-0.2, 0) is 12.8 Å². The second-order valence-corrected chi connectivity index (χ2v) is 10.7. The number of thiol groups is 1. The van der Waals surface area contributed by atoms with Crippen molar-refractivity contribution >= 4 is 39.6 Å². The van der Waals surface area contributed by atoms with Crippen molar-refractivity contribution in [1.29, 1.82) is 0 Å². The van der Waals surface area contributed by atoms with Gasteiger partial charge in [0, 0.05) is 20.7 Å². The number of benzene rings is 2. The normalized spacial score (nSPS) is 13.6. The van der Waals surface area contributed by atoms with E-state index in [2.05, 4.69) is 52.4 Å². The van der Waals surface area contributed by atoms with E-state index in [1.54, 1.807) is 23.6 Å². The van der Waals surface area contributed by atoms with E-state index in [1.807, 2.05) is 26.0 Å². The van der Waals surface area contributed by atoms with Crippen molar-refractivity contribution in [2.24, 2.45) is 0 Å². The van der Waals surface area contributed by atoms with E-state index in [9.17, 15) is 0 Å². The lowest BCUT2D eigenvalue weighted by atomic mass is 9.91. The van der Waals surface area contributed by atoms with Crippen molar-refractivity contribution in [2.45, 2.75) is 31.9 Å². The van der Waals surface area contributed by atoms with Crippen molar-refractivity contribution < 1.29 is 4.39 Å². The summed E-state index contributed by atoms with van der Waals surface area (Å²) in [6.07, 6.45) is 3.51. The molecule has 2 aromatic carbocycles. The van der Waals surface area contributed by atoms with Crippen LogP contribution in [0.25, 0.3) is 48.6 Å². The highest BCUT2D eigenvalue weighted by molar-refractivity contribution is 7.80. The number of nitrogens with one attached hydrogen (secondary N) is 2. The third kappa shape index (κ3) is 3.42. The number of H-pyrrole nitrogens is 2. The number of rotatable bonds is 4. The van der Waals surface area contributed by atoms with Crippen LogP contribution in [0.5, 0.6) is 0 Å². The average Bonchev–Trinajstić information content (AvgIpc) is 3.56. The number of hydrogen-bond acceptors (Lipinski definition) is 4. The number of hydrogen-bond donors (Lipinski definition) is 3. The van der Waals surface area contributed by atoms with E-state index < -0.39 is 0 Å². The Balaban J connectivity index is 1.39. The number of nitrogens with zero attached hydrogens (tertiary/aromatic N) is 2. The number of halogens is 1. The van der Waals surface area contributed by atoms with Crippen LogP contribution in [0.3, 0.4) is 0 Å². The van der Waals surface area contributed by atoms with Crippen molar-refractivity contribution in [3.63, 3.8) is 0 Å². The fraction of sp³-hybridized carbons (Fsp3) is 0.185. The molecule has 1 unspecified atom stereocenters. The van der Waals surface area contributed by atoms with Gasteiger partial charge in [0.1, 0.15) is 17.5 Å². The maximum atomic E-state index is 15.1. The molecule has 0 saturated carbocycles. The van der Waals surface area contributed by atoms with Crippen LogP contribution < -0.4 is 0 Å².